The summed E-state index contributed by atoms with van der Waals surface area (Å²) in [6, 6.07) is -0.345. The van der Waals surface area contributed by atoms with E-state index in [0.29, 0.717) is 6.54 Å². The van der Waals surface area contributed by atoms with Crippen molar-refractivity contribution in [3.8, 4) is 0 Å². The molecule has 6 heteroatoms. The van der Waals surface area contributed by atoms with Crippen LogP contribution >= 0.6 is 0 Å². The van der Waals surface area contributed by atoms with Crippen molar-refractivity contribution >= 4 is 11.9 Å². The second-order valence-corrected chi connectivity index (χ2v) is 5.09. The van der Waals surface area contributed by atoms with Gasteiger partial charge in [-0.15, -0.1) is 0 Å². The third-order valence-corrected chi connectivity index (χ3v) is 3.26. The molecule has 2 atom stereocenters. The number of nitrogens with zero attached hydrogens (tertiary/aromatic N) is 1. The first-order chi connectivity index (χ1) is 9.02. The molecule has 1 aliphatic heterocycles. The van der Waals surface area contributed by atoms with Crippen LogP contribution in [0.3, 0.4) is 0 Å². The number of nitrogens with one attached hydrogen (secondary N) is 2. The van der Waals surface area contributed by atoms with Gasteiger partial charge in [0.1, 0.15) is 6.04 Å². The van der Waals surface area contributed by atoms with E-state index in [9.17, 15) is 9.59 Å². The Kier molecular flexibility index (Phi) is 6.80. The van der Waals surface area contributed by atoms with E-state index in [1.807, 2.05) is 0 Å². The highest BCUT2D eigenvalue weighted by Crippen LogP contribution is 2.07. The first kappa shape index (κ1) is 15.9. The average molecular weight is 271 g/mol. The fraction of sp³-hybridized carbons (Fsp3) is 0.846. The van der Waals surface area contributed by atoms with Gasteiger partial charge in [-0.25, -0.2) is 4.79 Å². The summed E-state index contributed by atoms with van der Waals surface area (Å²) >= 11 is 0. The van der Waals surface area contributed by atoms with E-state index in [1.54, 1.807) is 0 Å². The lowest BCUT2D eigenvalue weighted by molar-refractivity contribution is -0.144. The number of amides is 1. The molecule has 0 bridgehead atoms. The van der Waals surface area contributed by atoms with Crippen LogP contribution in [0.25, 0.3) is 0 Å². The monoisotopic (exact) mass is 271 g/mol. The lowest BCUT2D eigenvalue weighted by Crippen LogP contribution is -2.50. The Morgan fingerprint density at radius 3 is 2.47 bits per heavy atom. The van der Waals surface area contributed by atoms with Crippen LogP contribution < -0.4 is 10.6 Å². The van der Waals surface area contributed by atoms with Gasteiger partial charge in [0, 0.05) is 26.1 Å². The molecule has 2 unspecified atom stereocenters. The minimum Gasteiger partial charge on any atom is -0.467 e. The van der Waals surface area contributed by atoms with Crippen molar-refractivity contribution in [2.24, 2.45) is 0 Å². The summed E-state index contributed by atoms with van der Waals surface area (Å²) in [6.45, 7) is 7.13. The number of hydrogen-bond donors (Lipinski definition) is 2. The molecule has 2 N–H and O–H groups in total. The Balaban J connectivity index is 2.32. The zero-order chi connectivity index (χ0) is 14.3. The van der Waals surface area contributed by atoms with Gasteiger partial charge in [0.05, 0.1) is 7.11 Å². The van der Waals surface area contributed by atoms with Gasteiger partial charge < -0.3 is 20.3 Å². The van der Waals surface area contributed by atoms with Crippen molar-refractivity contribution in [1.82, 2.24) is 15.5 Å². The van der Waals surface area contributed by atoms with Gasteiger partial charge >= 0.3 is 5.97 Å². The lowest BCUT2D eigenvalue weighted by atomic mass is 10.2. The zero-order valence-corrected chi connectivity index (χ0v) is 12.1. The molecular formula is C13H25N3O3. The maximum Gasteiger partial charge on any atom is 0.329 e. The largest absolute Gasteiger partial charge is 0.467 e. The fourth-order valence-corrected chi connectivity index (χ4v) is 2.32. The lowest BCUT2D eigenvalue weighted by Gasteiger charge is -2.23. The summed E-state index contributed by atoms with van der Waals surface area (Å²) in [5, 5.41) is 5.86. The second kappa shape index (κ2) is 8.12. The Morgan fingerprint density at radius 2 is 1.95 bits per heavy atom. The van der Waals surface area contributed by atoms with E-state index in [1.165, 1.54) is 26.9 Å². The molecule has 6 nitrogen and oxygen atoms in total. The number of carbonyl (C=O) groups is 2. The molecule has 1 saturated heterocycles. The first-order valence-corrected chi connectivity index (χ1v) is 6.83. The third-order valence-electron chi connectivity index (χ3n) is 3.26. The van der Waals surface area contributed by atoms with Crippen molar-refractivity contribution in [1.29, 1.82) is 0 Å². The molecule has 0 radical (unpaired) electrons. The van der Waals surface area contributed by atoms with Gasteiger partial charge in [-0.05, 0) is 32.9 Å². The molecule has 0 aromatic rings. The molecule has 1 amide bonds. The molecule has 110 valence electrons. The third kappa shape index (κ3) is 6.02. The standard InChI is InChI=1S/C13H25N3O3/c1-10(9-16-6-4-5-7-16)14-8-12(13(18)19-3)15-11(2)17/h10,12,14H,4-9H2,1-3H3,(H,15,17). The number of ether oxygens (including phenoxy) is 1. The number of esters is 1. The number of hydrogen-bond acceptors (Lipinski definition) is 5. The number of methoxy groups -OCH3 is 1. The Labute approximate surface area is 114 Å². The predicted molar refractivity (Wildman–Crippen MR) is 72.8 cm³/mol. The molecule has 1 aliphatic rings. The van der Waals surface area contributed by atoms with E-state index in [0.717, 1.165) is 19.6 Å². The summed E-state index contributed by atoms with van der Waals surface area (Å²) in [7, 11) is 1.32. The van der Waals surface area contributed by atoms with Crippen molar-refractivity contribution in [2.45, 2.75) is 38.8 Å². The molecule has 0 aromatic heterocycles. The van der Waals surface area contributed by atoms with Crippen LogP contribution in [-0.4, -0.2) is 62.1 Å². The minimum absolute atomic E-state index is 0.232. The molecular weight excluding hydrogens is 246 g/mol. The zero-order valence-electron chi connectivity index (χ0n) is 12.1. The SMILES string of the molecule is COC(=O)C(CNC(C)CN1CCCC1)NC(C)=O. The van der Waals surface area contributed by atoms with Crippen molar-refractivity contribution < 1.29 is 14.3 Å². The van der Waals surface area contributed by atoms with Gasteiger partial charge in [0.15, 0.2) is 0 Å². The summed E-state index contributed by atoms with van der Waals surface area (Å²) in [5.41, 5.74) is 0. The summed E-state index contributed by atoms with van der Waals surface area (Å²) in [5.74, 6) is -0.652. The van der Waals surface area contributed by atoms with Crippen LogP contribution in [0.2, 0.25) is 0 Å². The molecule has 0 aliphatic carbocycles. The van der Waals surface area contributed by atoms with Gasteiger partial charge in [-0.2, -0.15) is 0 Å². The quantitative estimate of drug-likeness (QED) is 0.624. The van der Waals surface area contributed by atoms with E-state index in [4.69, 9.17) is 0 Å². The second-order valence-electron chi connectivity index (χ2n) is 5.09. The van der Waals surface area contributed by atoms with Crippen LogP contribution in [0.1, 0.15) is 26.7 Å². The van der Waals surface area contributed by atoms with Crippen LogP contribution in [0, 0.1) is 0 Å². The number of carbonyl (C=O) groups excluding carboxylic acids is 2. The molecule has 1 fully saturated rings. The number of likely N-dealkylation sites (tertiary alicyclic amines) is 1. The van der Waals surface area contributed by atoms with Crippen molar-refractivity contribution in [2.75, 3.05) is 33.3 Å². The molecule has 1 rings (SSSR count). The Hall–Kier alpha value is -1.14. The molecule has 1 heterocycles. The minimum atomic E-state index is -0.622. The molecule has 0 saturated carbocycles. The molecule has 0 spiro atoms. The van der Waals surface area contributed by atoms with Crippen LogP contribution in [0.15, 0.2) is 0 Å². The van der Waals surface area contributed by atoms with Crippen molar-refractivity contribution in [3.05, 3.63) is 0 Å². The summed E-state index contributed by atoms with van der Waals surface area (Å²) in [4.78, 5) is 25.0. The summed E-state index contributed by atoms with van der Waals surface area (Å²) < 4.78 is 4.67. The molecule has 0 aromatic carbocycles. The van der Waals surface area contributed by atoms with E-state index in [-0.39, 0.29) is 11.9 Å². The first-order valence-electron chi connectivity index (χ1n) is 6.83. The van der Waals surface area contributed by atoms with Gasteiger partial charge in [0.25, 0.3) is 0 Å². The normalized spacial score (nSPS) is 18.9. The average Bonchev–Trinajstić information content (AvgIpc) is 2.85. The van der Waals surface area contributed by atoms with E-state index < -0.39 is 12.0 Å². The fourth-order valence-electron chi connectivity index (χ4n) is 2.32. The van der Waals surface area contributed by atoms with Gasteiger partial charge in [-0.3, -0.25) is 4.79 Å². The predicted octanol–water partition coefficient (Wildman–Crippen LogP) is -0.262. The maximum absolute atomic E-state index is 11.5. The topological polar surface area (TPSA) is 70.7 Å². The maximum atomic E-state index is 11.5. The van der Waals surface area contributed by atoms with Crippen LogP contribution in [-0.2, 0) is 14.3 Å². The highest BCUT2D eigenvalue weighted by atomic mass is 16.5. The van der Waals surface area contributed by atoms with Crippen LogP contribution in [0.4, 0.5) is 0 Å². The van der Waals surface area contributed by atoms with Gasteiger partial charge in [-0.1, -0.05) is 0 Å². The van der Waals surface area contributed by atoms with Crippen molar-refractivity contribution in [3.63, 3.8) is 0 Å². The summed E-state index contributed by atoms with van der Waals surface area (Å²) in [6.07, 6.45) is 2.53. The van der Waals surface area contributed by atoms with Gasteiger partial charge in [0.2, 0.25) is 5.91 Å². The Morgan fingerprint density at radius 1 is 1.32 bits per heavy atom. The Bertz CT molecular complexity index is 304. The highest BCUT2D eigenvalue weighted by Gasteiger charge is 2.21. The van der Waals surface area contributed by atoms with E-state index >= 15 is 0 Å². The number of rotatable bonds is 7. The highest BCUT2D eigenvalue weighted by molar-refractivity contribution is 5.83. The van der Waals surface area contributed by atoms with Crippen LogP contribution in [0.5, 0.6) is 0 Å². The molecule has 19 heavy (non-hydrogen) atoms. The van der Waals surface area contributed by atoms with E-state index in [2.05, 4.69) is 27.2 Å². The smallest absolute Gasteiger partial charge is 0.329 e.